The lowest BCUT2D eigenvalue weighted by Crippen LogP contribution is -2.52. The Hall–Kier alpha value is -0.900. The maximum Gasteiger partial charge on any atom is 0.0623 e. The Bertz CT molecular complexity index is 454. The van der Waals surface area contributed by atoms with Crippen LogP contribution in [0.25, 0.3) is 0 Å². The minimum absolute atomic E-state index is 0.172. The predicted molar refractivity (Wildman–Crippen MR) is 91.2 cm³/mol. The van der Waals surface area contributed by atoms with Crippen molar-refractivity contribution in [3.63, 3.8) is 0 Å². The third kappa shape index (κ3) is 3.70. The summed E-state index contributed by atoms with van der Waals surface area (Å²) in [5, 5.41) is 7.53. The van der Waals surface area contributed by atoms with Crippen LogP contribution in [-0.2, 0) is 10.2 Å². The van der Waals surface area contributed by atoms with Crippen molar-refractivity contribution in [1.29, 1.82) is 0 Å². The van der Waals surface area contributed by atoms with E-state index < -0.39 is 0 Å². The van der Waals surface area contributed by atoms with Crippen LogP contribution in [-0.4, -0.2) is 38.4 Å². The molecular weight excluding hydrogens is 272 g/mol. The molecule has 1 aromatic rings. The molecule has 3 atom stereocenters. The van der Waals surface area contributed by atoms with Crippen LogP contribution in [0.5, 0.6) is 0 Å². The van der Waals surface area contributed by atoms with Gasteiger partial charge in [0.05, 0.1) is 13.2 Å². The largest absolute Gasteiger partial charge is 0.379 e. The monoisotopic (exact) mass is 302 g/mol. The van der Waals surface area contributed by atoms with E-state index in [0.29, 0.717) is 18.0 Å². The van der Waals surface area contributed by atoms with Crippen molar-refractivity contribution >= 4 is 0 Å². The van der Waals surface area contributed by atoms with Gasteiger partial charge in [0, 0.05) is 30.6 Å². The number of rotatable bonds is 5. The van der Waals surface area contributed by atoms with Gasteiger partial charge in [-0.15, -0.1) is 0 Å². The molecule has 3 rings (SSSR count). The number of nitrogens with one attached hydrogen (secondary N) is 2. The lowest BCUT2D eigenvalue weighted by Gasteiger charge is -2.35. The van der Waals surface area contributed by atoms with Crippen molar-refractivity contribution in [2.75, 3.05) is 26.3 Å². The molecule has 2 N–H and O–H groups in total. The Morgan fingerprint density at radius 2 is 2.05 bits per heavy atom. The molecular formula is C19H30N2O. The van der Waals surface area contributed by atoms with Gasteiger partial charge < -0.3 is 15.4 Å². The van der Waals surface area contributed by atoms with E-state index >= 15 is 0 Å². The highest BCUT2D eigenvalue weighted by Crippen LogP contribution is 2.30. The molecule has 0 amide bonds. The Balaban J connectivity index is 1.58. The fraction of sp³-hybridized carbons (Fsp3) is 0.684. The fourth-order valence-electron chi connectivity index (χ4n) is 3.96. The van der Waals surface area contributed by atoms with Crippen molar-refractivity contribution < 1.29 is 4.74 Å². The summed E-state index contributed by atoms with van der Waals surface area (Å²) < 4.78 is 5.67. The van der Waals surface area contributed by atoms with Crippen molar-refractivity contribution in [1.82, 2.24) is 10.6 Å². The Morgan fingerprint density at radius 1 is 1.23 bits per heavy atom. The van der Waals surface area contributed by atoms with Crippen molar-refractivity contribution in [3.8, 4) is 0 Å². The third-order valence-electron chi connectivity index (χ3n) is 5.40. The van der Waals surface area contributed by atoms with E-state index in [-0.39, 0.29) is 5.41 Å². The van der Waals surface area contributed by atoms with E-state index in [1.54, 1.807) is 0 Å². The first kappa shape index (κ1) is 16.0. The summed E-state index contributed by atoms with van der Waals surface area (Å²) in [6.07, 6.45) is 3.96. The van der Waals surface area contributed by atoms with Crippen LogP contribution in [0.3, 0.4) is 0 Å². The highest BCUT2D eigenvalue weighted by Gasteiger charge is 2.35. The Morgan fingerprint density at radius 3 is 2.77 bits per heavy atom. The molecule has 1 aromatic carbocycles. The minimum Gasteiger partial charge on any atom is -0.379 e. The first-order valence-electron chi connectivity index (χ1n) is 8.77. The smallest absolute Gasteiger partial charge is 0.0623 e. The Kier molecular flexibility index (Phi) is 5.17. The molecule has 0 aromatic heterocycles. The van der Waals surface area contributed by atoms with Crippen LogP contribution < -0.4 is 10.6 Å². The second-order valence-electron chi connectivity index (χ2n) is 7.47. The second kappa shape index (κ2) is 7.12. The average molecular weight is 302 g/mol. The van der Waals surface area contributed by atoms with E-state index in [1.807, 2.05) is 0 Å². The number of hydrogen-bond donors (Lipinski definition) is 2. The molecule has 0 bridgehead atoms. The molecule has 2 fully saturated rings. The van der Waals surface area contributed by atoms with Gasteiger partial charge in [-0.2, -0.15) is 0 Å². The molecule has 0 spiro atoms. The zero-order chi connectivity index (χ0) is 15.4. The summed E-state index contributed by atoms with van der Waals surface area (Å²) in [6.45, 7) is 8.45. The van der Waals surface area contributed by atoms with Crippen LogP contribution in [0.4, 0.5) is 0 Å². The van der Waals surface area contributed by atoms with E-state index in [1.165, 1.54) is 24.8 Å². The first-order chi connectivity index (χ1) is 10.7. The summed E-state index contributed by atoms with van der Waals surface area (Å²) >= 11 is 0. The number of ether oxygens (including phenoxy) is 1. The molecule has 1 aliphatic carbocycles. The number of benzene rings is 1. The topological polar surface area (TPSA) is 33.3 Å². The summed E-state index contributed by atoms with van der Waals surface area (Å²) in [5.74, 6) is 0.715. The van der Waals surface area contributed by atoms with Gasteiger partial charge >= 0.3 is 0 Å². The van der Waals surface area contributed by atoms with Gasteiger partial charge in [-0.3, -0.25) is 0 Å². The molecule has 3 unspecified atom stereocenters. The minimum atomic E-state index is 0.172. The van der Waals surface area contributed by atoms with Crippen LogP contribution in [0.1, 0.15) is 38.7 Å². The SMILES string of the molecule is CC(C)(CNC1CCCC1C1COCCN1)c1ccccc1. The molecule has 2 aliphatic rings. The van der Waals surface area contributed by atoms with Crippen molar-refractivity contribution in [3.05, 3.63) is 35.9 Å². The molecule has 0 radical (unpaired) electrons. The molecule has 22 heavy (non-hydrogen) atoms. The quantitative estimate of drug-likeness (QED) is 0.877. The van der Waals surface area contributed by atoms with Crippen LogP contribution in [0.15, 0.2) is 30.3 Å². The summed E-state index contributed by atoms with van der Waals surface area (Å²) in [6, 6.07) is 12.0. The summed E-state index contributed by atoms with van der Waals surface area (Å²) in [4.78, 5) is 0. The normalized spacial score (nSPS) is 29.6. The maximum absolute atomic E-state index is 5.67. The van der Waals surface area contributed by atoms with Crippen molar-refractivity contribution in [2.45, 2.75) is 50.6 Å². The van der Waals surface area contributed by atoms with Gasteiger partial charge in [0.15, 0.2) is 0 Å². The fourth-order valence-corrected chi connectivity index (χ4v) is 3.96. The first-order valence-corrected chi connectivity index (χ1v) is 8.77. The van der Waals surface area contributed by atoms with Gasteiger partial charge in [0.25, 0.3) is 0 Å². The average Bonchev–Trinajstić information content (AvgIpc) is 3.03. The third-order valence-corrected chi connectivity index (χ3v) is 5.40. The van der Waals surface area contributed by atoms with Crippen LogP contribution >= 0.6 is 0 Å². The van der Waals surface area contributed by atoms with E-state index in [2.05, 4.69) is 54.8 Å². The van der Waals surface area contributed by atoms with Gasteiger partial charge in [0.2, 0.25) is 0 Å². The number of hydrogen-bond acceptors (Lipinski definition) is 3. The molecule has 3 heteroatoms. The van der Waals surface area contributed by atoms with Gasteiger partial charge in [-0.05, 0) is 24.3 Å². The van der Waals surface area contributed by atoms with E-state index in [4.69, 9.17) is 4.74 Å². The molecule has 1 heterocycles. The van der Waals surface area contributed by atoms with Crippen LogP contribution in [0, 0.1) is 5.92 Å². The zero-order valence-electron chi connectivity index (χ0n) is 14.0. The molecule has 1 aliphatic heterocycles. The molecule has 1 saturated carbocycles. The molecule has 1 saturated heterocycles. The Labute approximate surface area is 134 Å². The summed E-state index contributed by atoms with van der Waals surface area (Å²) in [5.41, 5.74) is 1.58. The van der Waals surface area contributed by atoms with Gasteiger partial charge in [-0.25, -0.2) is 0 Å². The standard InChI is InChI=1S/C19H30N2O/c1-19(2,15-7-4-3-5-8-15)14-21-17-10-6-9-16(17)18-13-22-12-11-20-18/h3-5,7-8,16-18,20-21H,6,9-14H2,1-2H3. The highest BCUT2D eigenvalue weighted by molar-refractivity contribution is 5.24. The highest BCUT2D eigenvalue weighted by atomic mass is 16.5. The zero-order valence-corrected chi connectivity index (χ0v) is 14.0. The lowest BCUT2D eigenvalue weighted by atomic mass is 9.84. The number of morpholine rings is 1. The molecule has 3 nitrogen and oxygen atoms in total. The second-order valence-corrected chi connectivity index (χ2v) is 7.47. The summed E-state index contributed by atoms with van der Waals surface area (Å²) in [7, 11) is 0. The van der Waals surface area contributed by atoms with Crippen LogP contribution in [0.2, 0.25) is 0 Å². The van der Waals surface area contributed by atoms with E-state index in [0.717, 1.165) is 26.3 Å². The van der Waals surface area contributed by atoms with Crippen molar-refractivity contribution in [2.24, 2.45) is 5.92 Å². The lowest BCUT2D eigenvalue weighted by molar-refractivity contribution is 0.0522. The van der Waals surface area contributed by atoms with E-state index in [9.17, 15) is 0 Å². The predicted octanol–water partition coefficient (Wildman–Crippen LogP) is 2.71. The van der Waals surface area contributed by atoms with Gasteiger partial charge in [0.1, 0.15) is 0 Å². The van der Waals surface area contributed by atoms with Gasteiger partial charge in [-0.1, -0.05) is 50.6 Å². The maximum atomic E-state index is 5.67. The molecule has 122 valence electrons.